The third-order valence-corrected chi connectivity index (χ3v) is 5.11. The molecule has 150 valence electrons. The molecule has 1 fully saturated rings. The van der Waals surface area contributed by atoms with Crippen molar-refractivity contribution in [1.29, 1.82) is 0 Å². The number of ether oxygens (including phenoxy) is 1. The van der Waals surface area contributed by atoms with Gasteiger partial charge in [-0.15, -0.1) is 0 Å². The fourth-order valence-corrected chi connectivity index (χ4v) is 3.47. The standard InChI is InChI=1S/C22H28FN3O2/c1-15(2)26-10-4-5-17(14-26)13-25-22(27)20-12-18(8-9-24-20)28-21-7-6-16(3)11-19(21)23/h6-9,11-12,15,17H,4-5,10,13-14H2,1-3H3,(H,25,27). The molecular formula is C22H28FN3O2. The number of nitrogens with one attached hydrogen (secondary N) is 1. The van der Waals surface area contributed by atoms with Gasteiger partial charge in [-0.2, -0.15) is 0 Å². The van der Waals surface area contributed by atoms with E-state index in [9.17, 15) is 9.18 Å². The minimum absolute atomic E-state index is 0.124. The van der Waals surface area contributed by atoms with Crippen LogP contribution in [0, 0.1) is 18.7 Å². The van der Waals surface area contributed by atoms with E-state index in [4.69, 9.17) is 4.74 Å². The normalized spacial score (nSPS) is 17.5. The van der Waals surface area contributed by atoms with Gasteiger partial charge in [0, 0.05) is 31.4 Å². The zero-order valence-corrected chi connectivity index (χ0v) is 16.7. The molecule has 28 heavy (non-hydrogen) atoms. The molecule has 3 rings (SSSR count). The Morgan fingerprint density at radius 2 is 2.18 bits per heavy atom. The van der Waals surface area contributed by atoms with Gasteiger partial charge in [-0.25, -0.2) is 4.39 Å². The molecule has 0 saturated carbocycles. The predicted molar refractivity (Wildman–Crippen MR) is 107 cm³/mol. The second-order valence-electron chi connectivity index (χ2n) is 7.72. The number of carbonyl (C=O) groups is 1. The minimum Gasteiger partial charge on any atom is -0.454 e. The fraction of sp³-hybridized carbons (Fsp3) is 0.455. The molecule has 5 nitrogen and oxygen atoms in total. The number of rotatable bonds is 6. The number of nitrogens with zero attached hydrogens (tertiary/aromatic N) is 2. The van der Waals surface area contributed by atoms with E-state index in [1.807, 2.05) is 6.92 Å². The lowest BCUT2D eigenvalue weighted by atomic mass is 9.97. The van der Waals surface area contributed by atoms with Crippen molar-refractivity contribution in [3.8, 4) is 11.5 Å². The molecule has 1 amide bonds. The maximum absolute atomic E-state index is 14.0. The van der Waals surface area contributed by atoms with Crippen LogP contribution in [0.1, 0.15) is 42.7 Å². The zero-order chi connectivity index (χ0) is 20.1. The Hall–Kier alpha value is -2.47. The van der Waals surface area contributed by atoms with Gasteiger partial charge in [0.1, 0.15) is 11.4 Å². The summed E-state index contributed by atoms with van der Waals surface area (Å²) in [4.78, 5) is 19.1. The molecule has 6 heteroatoms. The Kier molecular flexibility index (Phi) is 6.62. The topological polar surface area (TPSA) is 54.5 Å². The Balaban J connectivity index is 1.59. The quantitative estimate of drug-likeness (QED) is 0.811. The van der Waals surface area contributed by atoms with Crippen LogP contribution in [0.3, 0.4) is 0 Å². The van der Waals surface area contributed by atoms with Crippen LogP contribution in [-0.4, -0.2) is 41.5 Å². The summed E-state index contributed by atoms with van der Waals surface area (Å²) in [5, 5.41) is 2.98. The number of hydrogen-bond donors (Lipinski definition) is 1. The number of benzene rings is 1. The van der Waals surface area contributed by atoms with Crippen LogP contribution in [0.15, 0.2) is 36.5 Å². The van der Waals surface area contributed by atoms with Crippen LogP contribution in [0.25, 0.3) is 0 Å². The first-order valence-corrected chi connectivity index (χ1v) is 9.84. The van der Waals surface area contributed by atoms with Gasteiger partial charge in [0.05, 0.1) is 0 Å². The molecule has 1 unspecified atom stereocenters. The fourth-order valence-electron chi connectivity index (χ4n) is 3.47. The van der Waals surface area contributed by atoms with E-state index in [2.05, 4.69) is 29.0 Å². The van der Waals surface area contributed by atoms with Crippen LogP contribution in [0.4, 0.5) is 4.39 Å². The monoisotopic (exact) mass is 385 g/mol. The van der Waals surface area contributed by atoms with Crippen molar-refractivity contribution in [2.24, 2.45) is 5.92 Å². The van der Waals surface area contributed by atoms with Gasteiger partial charge in [0.15, 0.2) is 11.6 Å². The van der Waals surface area contributed by atoms with E-state index in [1.165, 1.54) is 18.3 Å². The van der Waals surface area contributed by atoms with Gasteiger partial charge < -0.3 is 15.0 Å². The van der Waals surface area contributed by atoms with Crippen LogP contribution in [0.2, 0.25) is 0 Å². The summed E-state index contributed by atoms with van der Waals surface area (Å²) >= 11 is 0. The summed E-state index contributed by atoms with van der Waals surface area (Å²) in [6.07, 6.45) is 3.77. The summed E-state index contributed by atoms with van der Waals surface area (Å²) in [5.74, 6) is 0.276. The number of pyridine rings is 1. The molecule has 2 heterocycles. The van der Waals surface area contributed by atoms with E-state index in [1.54, 1.807) is 18.2 Å². The van der Waals surface area contributed by atoms with E-state index in [0.717, 1.165) is 31.5 Å². The van der Waals surface area contributed by atoms with Crippen molar-refractivity contribution < 1.29 is 13.9 Å². The summed E-state index contributed by atoms with van der Waals surface area (Å²) in [5.41, 5.74) is 1.08. The number of aryl methyl sites for hydroxylation is 1. The molecule has 2 aromatic rings. The molecule has 0 bridgehead atoms. The number of likely N-dealkylation sites (tertiary alicyclic amines) is 1. The maximum atomic E-state index is 14.0. The Labute approximate surface area is 165 Å². The van der Waals surface area contributed by atoms with Gasteiger partial charge in [-0.3, -0.25) is 9.78 Å². The molecule has 1 saturated heterocycles. The van der Waals surface area contributed by atoms with Gasteiger partial charge in [0.25, 0.3) is 5.91 Å². The van der Waals surface area contributed by atoms with E-state index >= 15 is 0 Å². The van der Waals surface area contributed by atoms with Gasteiger partial charge >= 0.3 is 0 Å². The first-order chi connectivity index (χ1) is 13.4. The molecule has 1 aliphatic heterocycles. The smallest absolute Gasteiger partial charge is 0.270 e. The number of piperidine rings is 1. The molecule has 1 aromatic heterocycles. The summed E-state index contributed by atoms with van der Waals surface area (Å²) < 4.78 is 19.6. The highest BCUT2D eigenvalue weighted by molar-refractivity contribution is 5.92. The highest BCUT2D eigenvalue weighted by Gasteiger charge is 2.22. The molecule has 1 aromatic carbocycles. The maximum Gasteiger partial charge on any atom is 0.270 e. The lowest BCUT2D eigenvalue weighted by Crippen LogP contribution is -2.43. The molecule has 1 N–H and O–H groups in total. The molecule has 1 aliphatic rings. The number of amides is 1. The van der Waals surface area contributed by atoms with Crippen LogP contribution in [0.5, 0.6) is 11.5 Å². The lowest BCUT2D eigenvalue weighted by Gasteiger charge is -2.35. The van der Waals surface area contributed by atoms with E-state index in [-0.39, 0.29) is 17.4 Å². The third kappa shape index (κ3) is 5.29. The highest BCUT2D eigenvalue weighted by Crippen LogP contribution is 2.25. The number of halogens is 1. The van der Waals surface area contributed by atoms with Crippen molar-refractivity contribution in [3.63, 3.8) is 0 Å². The second-order valence-corrected chi connectivity index (χ2v) is 7.72. The average Bonchev–Trinajstić information content (AvgIpc) is 2.69. The van der Waals surface area contributed by atoms with Crippen molar-refractivity contribution in [2.45, 2.75) is 39.7 Å². The Morgan fingerprint density at radius 1 is 1.36 bits per heavy atom. The molecule has 0 spiro atoms. The minimum atomic E-state index is -0.435. The van der Waals surface area contributed by atoms with Crippen molar-refractivity contribution in [3.05, 3.63) is 53.6 Å². The summed E-state index contributed by atoms with van der Waals surface area (Å²) in [6.45, 7) is 8.97. The SMILES string of the molecule is Cc1ccc(Oc2ccnc(C(=O)NCC3CCCN(C(C)C)C3)c2)c(F)c1. The van der Waals surface area contributed by atoms with Gasteiger partial charge in [-0.1, -0.05) is 6.07 Å². The van der Waals surface area contributed by atoms with Crippen molar-refractivity contribution >= 4 is 5.91 Å². The highest BCUT2D eigenvalue weighted by atomic mass is 19.1. The van der Waals surface area contributed by atoms with E-state index in [0.29, 0.717) is 24.3 Å². The number of carbonyl (C=O) groups excluding carboxylic acids is 1. The summed E-state index contributed by atoms with van der Waals surface area (Å²) in [6, 6.07) is 8.44. The van der Waals surface area contributed by atoms with Crippen LogP contribution >= 0.6 is 0 Å². The predicted octanol–water partition coefficient (Wildman–Crippen LogP) is 4.17. The van der Waals surface area contributed by atoms with E-state index < -0.39 is 5.82 Å². The van der Waals surface area contributed by atoms with Gasteiger partial charge in [0.2, 0.25) is 0 Å². The third-order valence-electron chi connectivity index (χ3n) is 5.11. The molecular weight excluding hydrogens is 357 g/mol. The van der Waals surface area contributed by atoms with Crippen LogP contribution in [-0.2, 0) is 0 Å². The van der Waals surface area contributed by atoms with Crippen molar-refractivity contribution in [1.82, 2.24) is 15.2 Å². The first kappa shape index (κ1) is 20.3. The number of aromatic nitrogens is 1. The summed E-state index contributed by atoms with van der Waals surface area (Å²) in [7, 11) is 0. The van der Waals surface area contributed by atoms with Crippen molar-refractivity contribution in [2.75, 3.05) is 19.6 Å². The Bertz CT molecular complexity index is 825. The first-order valence-electron chi connectivity index (χ1n) is 9.84. The zero-order valence-electron chi connectivity index (χ0n) is 16.7. The number of hydrogen-bond acceptors (Lipinski definition) is 4. The average molecular weight is 385 g/mol. The largest absolute Gasteiger partial charge is 0.454 e. The van der Waals surface area contributed by atoms with Gasteiger partial charge in [-0.05, 0) is 69.8 Å². The second kappa shape index (κ2) is 9.15. The molecule has 0 aliphatic carbocycles. The lowest BCUT2D eigenvalue weighted by molar-refractivity contribution is 0.0917. The van der Waals surface area contributed by atoms with Crippen LogP contribution < -0.4 is 10.1 Å². The molecule has 1 atom stereocenters. The molecule has 0 radical (unpaired) electrons. The Morgan fingerprint density at radius 3 is 2.93 bits per heavy atom.